The van der Waals surface area contributed by atoms with Gasteiger partial charge >= 0.3 is 0 Å². The Morgan fingerprint density at radius 2 is 1.27 bits per heavy atom. The van der Waals surface area contributed by atoms with Crippen LogP contribution in [0, 0.1) is 0 Å². The Hall–Kier alpha value is -2.74. The van der Waals surface area contributed by atoms with Crippen LogP contribution in [0.15, 0.2) is 72.8 Å². The Morgan fingerprint density at radius 3 is 1.82 bits per heavy atom. The second-order valence-electron chi connectivity index (χ2n) is 5.47. The molecule has 108 valence electrons. The highest BCUT2D eigenvalue weighted by molar-refractivity contribution is 6.08. The highest BCUT2D eigenvalue weighted by Gasteiger charge is 2.09. The standard InChI is InChI=1S/C20H17NO/c1-22-16-12-10-15(11-13-16)14-21-19-8-4-2-6-17(19)18-7-3-5-9-20(18)21/h2-13H,14H2,1H3. The number of benzene rings is 3. The summed E-state index contributed by atoms with van der Waals surface area (Å²) in [5.41, 5.74) is 3.83. The van der Waals surface area contributed by atoms with Gasteiger partial charge in [-0.15, -0.1) is 0 Å². The van der Waals surface area contributed by atoms with Crippen molar-refractivity contribution in [3.05, 3.63) is 78.4 Å². The van der Waals surface area contributed by atoms with Crippen LogP contribution in [0.2, 0.25) is 0 Å². The summed E-state index contributed by atoms with van der Waals surface area (Å²) in [6.45, 7) is 0.859. The van der Waals surface area contributed by atoms with Crippen LogP contribution in [0.25, 0.3) is 21.8 Å². The maximum absolute atomic E-state index is 5.24. The van der Waals surface area contributed by atoms with E-state index in [1.807, 2.05) is 12.1 Å². The molecule has 0 unspecified atom stereocenters. The third-order valence-corrected chi connectivity index (χ3v) is 4.18. The zero-order valence-corrected chi connectivity index (χ0v) is 12.5. The van der Waals surface area contributed by atoms with Crippen molar-refractivity contribution < 1.29 is 4.74 Å². The molecule has 0 radical (unpaired) electrons. The molecule has 4 rings (SSSR count). The molecule has 0 bridgehead atoms. The van der Waals surface area contributed by atoms with Crippen LogP contribution < -0.4 is 4.74 Å². The Kier molecular flexibility index (Phi) is 3.08. The summed E-state index contributed by atoms with van der Waals surface area (Å²) in [6.07, 6.45) is 0. The van der Waals surface area contributed by atoms with Gasteiger partial charge < -0.3 is 9.30 Å². The second kappa shape index (κ2) is 5.23. The predicted octanol–water partition coefficient (Wildman–Crippen LogP) is 4.85. The zero-order chi connectivity index (χ0) is 14.9. The molecule has 0 aliphatic carbocycles. The fourth-order valence-electron chi connectivity index (χ4n) is 3.09. The highest BCUT2D eigenvalue weighted by atomic mass is 16.5. The first-order chi connectivity index (χ1) is 10.9. The van der Waals surface area contributed by atoms with E-state index >= 15 is 0 Å². The number of hydrogen-bond donors (Lipinski definition) is 0. The van der Waals surface area contributed by atoms with Gasteiger partial charge in [0.15, 0.2) is 0 Å². The minimum absolute atomic E-state index is 0.859. The number of para-hydroxylation sites is 2. The van der Waals surface area contributed by atoms with Crippen LogP contribution in [0.1, 0.15) is 5.56 Å². The lowest BCUT2D eigenvalue weighted by Gasteiger charge is -2.08. The van der Waals surface area contributed by atoms with Crippen molar-refractivity contribution >= 4 is 21.8 Å². The van der Waals surface area contributed by atoms with Crippen molar-refractivity contribution in [2.24, 2.45) is 0 Å². The summed E-state index contributed by atoms with van der Waals surface area (Å²) in [5, 5.41) is 2.62. The van der Waals surface area contributed by atoms with Gasteiger partial charge in [0.2, 0.25) is 0 Å². The van der Waals surface area contributed by atoms with Crippen LogP contribution in [0.5, 0.6) is 5.75 Å². The van der Waals surface area contributed by atoms with E-state index in [1.165, 1.54) is 27.4 Å². The molecule has 0 amide bonds. The largest absolute Gasteiger partial charge is 0.497 e. The van der Waals surface area contributed by atoms with Crippen molar-refractivity contribution in [1.29, 1.82) is 0 Å². The summed E-state index contributed by atoms with van der Waals surface area (Å²) in [7, 11) is 1.70. The van der Waals surface area contributed by atoms with E-state index in [9.17, 15) is 0 Å². The highest BCUT2D eigenvalue weighted by Crippen LogP contribution is 2.29. The molecule has 4 aromatic rings. The summed E-state index contributed by atoms with van der Waals surface area (Å²) in [6, 6.07) is 25.5. The molecule has 0 fully saturated rings. The molecule has 1 heterocycles. The molecule has 2 heteroatoms. The van der Waals surface area contributed by atoms with Gasteiger partial charge in [-0.25, -0.2) is 0 Å². The number of methoxy groups -OCH3 is 1. The van der Waals surface area contributed by atoms with Crippen LogP contribution in [0.4, 0.5) is 0 Å². The topological polar surface area (TPSA) is 14.2 Å². The third kappa shape index (κ3) is 2.04. The lowest BCUT2D eigenvalue weighted by atomic mass is 10.2. The van der Waals surface area contributed by atoms with Crippen molar-refractivity contribution in [2.75, 3.05) is 7.11 Å². The summed E-state index contributed by atoms with van der Waals surface area (Å²) >= 11 is 0. The van der Waals surface area contributed by atoms with Gasteiger partial charge in [0, 0.05) is 28.4 Å². The Balaban J connectivity index is 1.88. The van der Waals surface area contributed by atoms with Gasteiger partial charge in [-0.05, 0) is 29.8 Å². The van der Waals surface area contributed by atoms with Gasteiger partial charge in [0.25, 0.3) is 0 Å². The smallest absolute Gasteiger partial charge is 0.118 e. The molecule has 0 N–H and O–H groups in total. The van der Waals surface area contributed by atoms with E-state index in [0.29, 0.717) is 0 Å². The van der Waals surface area contributed by atoms with Crippen molar-refractivity contribution in [1.82, 2.24) is 4.57 Å². The molecular weight excluding hydrogens is 270 g/mol. The minimum Gasteiger partial charge on any atom is -0.497 e. The first-order valence-corrected chi connectivity index (χ1v) is 7.46. The molecule has 3 aromatic carbocycles. The van der Waals surface area contributed by atoms with E-state index in [0.717, 1.165) is 12.3 Å². The maximum Gasteiger partial charge on any atom is 0.118 e. The number of hydrogen-bond acceptors (Lipinski definition) is 1. The van der Waals surface area contributed by atoms with E-state index in [2.05, 4.69) is 65.2 Å². The SMILES string of the molecule is COc1ccc(Cn2c3ccccc3c3ccccc32)cc1. The lowest BCUT2D eigenvalue weighted by molar-refractivity contribution is 0.414. The number of rotatable bonds is 3. The third-order valence-electron chi connectivity index (χ3n) is 4.18. The van der Waals surface area contributed by atoms with Crippen LogP contribution in [0.3, 0.4) is 0 Å². The number of fused-ring (bicyclic) bond motifs is 3. The molecule has 0 aliphatic rings. The molecule has 2 nitrogen and oxygen atoms in total. The van der Waals surface area contributed by atoms with E-state index in [-0.39, 0.29) is 0 Å². The Labute approximate surface area is 129 Å². The summed E-state index contributed by atoms with van der Waals surface area (Å²) in [4.78, 5) is 0. The molecular formula is C20H17NO. The molecule has 0 atom stereocenters. The molecule has 1 aromatic heterocycles. The maximum atomic E-state index is 5.24. The number of aromatic nitrogens is 1. The van der Waals surface area contributed by atoms with Crippen LogP contribution in [-0.2, 0) is 6.54 Å². The second-order valence-corrected chi connectivity index (χ2v) is 5.47. The zero-order valence-electron chi connectivity index (χ0n) is 12.5. The van der Waals surface area contributed by atoms with Crippen LogP contribution in [-0.4, -0.2) is 11.7 Å². The van der Waals surface area contributed by atoms with Gasteiger partial charge in [-0.2, -0.15) is 0 Å². The van der Waals surface area contributed by atoms with Crippen LogP contribution >= 0.6 is 0 Å². The van der Waals surface area contributed by atoms with E-state index in [4.69, 9.17) is 4.74 Å². The minimum atomic E-state index is 0.859. The van der Waals surface area contributed by atoms with E-state index < -0.39 is 0 Å². The average Bonchev–Trinajstić information content (AvgIpc) is 2.90. The molecule has 0 spiro atoms. The Morgan fingerprint density at radius 1 is 0.727 bits per heavy atom. The summed E-state index contributed by atoms with van der Waals surface area (Å²) in [5.74, 6) is 0.894. The monoisotopic (exact) mass is 287 g/mol. The van der Waals surface area contributed by atoms with Gasteiger partial charge in [0.1, 0.15) is 5.75 Å². The lowest BCUT2D eigenvalue weighted by Crippen LogP contribution is -1.99. The van der Waals surface area contributed by atoms with Gasteiger partial charge in [-0.1, -0.05) is 48.5 Å². The quantitative estimate of drug-likeness (QED) is 0.525. The van der Waals surface area contributed by atoms with Crippen molar-refractivity contribution in [3.8, 4) is 5.75 Å². The van der Waals surface area contributed by atoms with Crippen molar-refractivity contribution in [3.63, 3.8) is 0 Å². The average molecular weight is 287 g/mol. The van der Waals surface area contributed by atoms with E-state index in [1.54, 1.807) is 7.11 Å². The molecule has 0 saturated heterocycles. The molecule has 0 saturated carbocycles. The molecule has 0 aliphatic heterocycles. The van der Waals surface area contributed by atoms with Gasteiger partial charge in [-0.3, -0.25) is 0 Å². The molecule has 22 heavy (non-hydrogen) atoms. The van der Waals surface area contributed by atoms with Gasteiger partial charge in [0.05, 0.1) is 7.11 Å². The first kappa shape index (κ1) is 13.0. The van der Waals surface area contributed by atoms with Crippen molar-refractivity contribution in [2.45, 2.75) is 6.54 Å². The first-order valence-electron chi connectivity index (χ1n) is 7.46. The number of nitrogens with zero attached hydrogens (tertiary/aromatic N) is 1. The normalized spacial score (nSPS) is 11.1. The predicted molar refractivity (Wildman–Crippen MR) is 91.5 cm³/mol. The fourth-order valence-corrected chi connectivity index (χ4v) is 3.09. The summed E-state index contributed by atoms with van der Waals surface area (Å²) < 4.78 is 7.62. The Bertz CT molecular complexity index is 882. The number of ether oxygens (including phenoxy) is 1. The fraction of sp³-hybridized carbons (Fsp3) is 0.100.